The fraction of sp³-hybridized carbons (Fsp3) is 0.571. The summed E-state index contributed by atoms with van der Waals surface area (Å²) in [5.74, 6) is 0.567. The van der Waals surface area contributed by atoms with Crippen molar-refractivity contribution in [3.8, 4) is 0 Å². The van der Waals surface area contributed by atoms with E-state index in [1.807, 2.05) is 11.6 Å². The summed E-state index contributed by atoms with van der Waals surface area (Å²) < 4.78 is 1.93. The average Bonchev–Trinajstić information content (AvgIpc) is 3.01. The van der Waals surface area contributed by atoms with Crippen molar-refractivity contribution >= 4 is 5.65 Å². The number of nitrogens with one attached hydrogen (secondary N) is 1. The number of hydrogen-bond acceptors (Lipinski definition) is 4. The normalized spacial score (nSPS) is 20.4. The Morgan fingerprint density at radius 3 is 3.05 bits per heavy atom. The van der Waals surface area contributed by atoms with E-state index in [4.69, 9.17) is 5.10 Å². The minimum atomic E-state index is 0.567. The van der Waals surface area contributed by atoms with E-state index in [9.17, 15) is 0 Å². The largest absolute Gasteiger partial charge is 0.319 e. The quantitative estimate of drug-likeness (QED) is 0.886. The number of likely N-dealkylation sites (tertiary alicyclic amines) is 1. The summed E-state index contributed by atoms with van der Waals surface area (Å²) in [6.07, 6.45) is 4.20. The summed E-state index contributed by atoms with van der Waals surface area (Å²) in [4.78, 5) is 6.95. The Morgan fingerprint density at radius 2 is 2.32 bits per heavy atom. The van der Waals surface area contributed by atoms with Crippen LogP contribution in [0.5, 0.6) is 0 Å². The molecule has 19 heavy (non-hydrogen) atoms. The molecule has 0 radical (unpaired) electrons. The maximum atomic E-state index is 4.73. The topological polar surface area (TPSA) is 45.5 Å². The molecule has 5 heteroatoms. The van der Waals surface area contributed by atoms with E-state index in [0.717, 1.165) is 30.9 Å². The van der Waals surface area contributed by atoms with Gasteiger partial charge in [0.05, 0.1) is 17.6 Å². The van der Waals surface area contributed by atoms with E-state index < -0.39 is 0 Å². The molecule has 3 rings (SSSR count). The maximum Gasteiger partial charge on any atom is 0.153 e. The highest BCUT2D eigenvalue weighted by Gasteiger charge is 2.22. The van der Waals surface area contributed by atoms with Crippen LogP contribution in [-0.4, -0.2) is 53.2 Å². The number of hydrogen-bond donors (Lipinski definition) is 1. The van der Waals surface area contributed by atoms with Gasteiger partial charge in [0.2, 0.25) is 0 Å². The second kappa shape index (κ2) is 5.27. The highest BCUT2D eigenvalue weighted by molar-refractivity contribution is 5.39. The number of nitrogens with zero attached hydrogens (tertiary/aromatic N) is 4. The van der Waals surface area contributed by atoms with Crippen LogP contribution in [0.4, 0.5) is 0 Å². The Balaban J connectivity index is 1.84. The lowest BCUT2D eigenvalue weighted by Gasteiger charge is -2.09. The molecule has 0 bridgehead atoms. The molecule has 102 valence electrons. The molecule has 1 aliphatic rings. The van der Waals surface area contributed by atoms with Crippen molar-refractivity contribution in [3.05, 3.63) is 29.7 Å². The first kappa shape index (κ1) is 12.6. The molecule has 1 atom stereocenters. The minimum absolute atomic E-state index is 0.567. The van der Waals surface area contributed by atoms with Gasteiger partial charge < -0.3 is 10.2 Å². The predicted octanol–water partition coefficient (Wildman–Crippen LogP) is 0.910. The number of rotatable bonds is 4. The molecule has 0 aliphatic carbocycles. The zero-order valence-electron chi connectivity index (χ0n) is 11.6. The number of aromatic nitrogens is 3. The van der Waals surface area contributed by atoms with Gasteiger partial charge in [-0.25, -0.2) is 9.50 Å². The third-order valence-electron chi connectivity index (χ3n) is 3.83. The van der Waals surface area contributed by atoms with Crippen LogP contribution in [0.25, 0.3) is 5.65 Å². The lowest BCUT2D eigenvalue weighted by atomic mass is 10.1. The van der Waals surface area contributed by atoms with E-state index in [2.05, 4.69) is 40.6 Å². The monoisotopic (exact) mass is 259 g/mol. The zero-order valence-corrected chi connectivity index (χ0v) is 11.6. The minimum Gasteiger partial charge on any atom is -0.319 e. The highest BCUT2D eigenvalue weighted by atomic mass is 15.3. The van der Waals surface area contributed by atoms with Gasteiger partial charge in [0.15, 0.2) is 5.65 Å². The summed E-state index contributed by atoms with van der Waals surface area (Å²) in [6.45, 7) is 3.23. The first-order valence-electron chi connectivity index (χ1n) is 6.94. The van der Waals surface area contributed by atoms with E-state index in [1.54, 1.807) is 0 Å². The Kier molecular flexibility index (Phi) is 3.48. The number of likely N-dealkylation sites (N-methyl/N-ethyl adjacent to an activating group) is 2. The van der Waals surface area contributed by atoms with Gasteiger partial charge in [-0.2, -0.15) is 5.10 Å². The Bertz CT molecular complexity index is 562. The van der Waals surface area contributed by atoms with E-state index in [0.29, 0.717) is 5.92 Å². The summed E-state index contributed by atoms with van der Waals surface area (Å²) in [5.41, 5.74) is 3.23. The van der Waals surface area contributed by atoms with Crippen LogP contribution < -0.4 is 5.32 Å². The van der Waals surface area contributed by atoms with Crippen LogP contribution in [0, 0.1) is 0 Å². The van der Waals surface area contributed by atoms with Gasteiger partial charge in [-0.05, 0) is 39.2 Å². The van der Waals surface area contributed by atoms with Gasteiger partial charge in [0.25, 0.3) is 0 Å². The highest BCUT2D eigenvalue weighted by Crippen LogP contribution is 2.24. The van der Waals surface area contributed by atoms with Crippen molar-refractivity contribution in [2.45, 2.75) is 18.8 Å². The third kappa shape index (κ3) is 2.62. The molecule has 0 amide bonds. The fourth-order valence-electron chi connectivity index (χ4n) is 2.71. The van der Waals surface area contributed by atoms with Crippen molar-refractivity contribution in [2.75, 3.05) is 33.7 Å². The molecule has 1 N–H and O–H groups in total. The number of imidazole rings is 1. The molecule has 5 nitrogen and oxygen atoms in total. The number of fused-ring (bicyclic) bond motifs is 1. The molecular formula is C14H21N5. The maximum absolute atomic E-state index is 4.73. The summed E-state index contributed by atoms with van der Waals surface area (Å²) in [6, 6.07) is 4.22. The van der Waals surface area contributed by atoms with Crippen molar-refractivity contribution < 1.29 is 0 Å². The van der Waals surface area contributed by atoms with Crippen molar-refractivity contribution in [1.29, 1.82) is 0 Å². The molecule has 1 aliphatic heterocycles. The van der Waals surface area contributed by atoms with Gasteiger partial charge >= 0.3 is 0 Å². The van der Waals surface area contributed by atoms with E-state index in [-0.39, 0.29) is 0 Å². The van der Waals surface area contributed by atoms with Gasteiger partial charge in [-0.3, -0.25) is 0 Å². The smallest absolute Gasteiger partial charge is 0.153 e. The van der Waals surface area contributed by atoms with E-state index in [1.165, 1.54) is 18.7 Å². The van der Waals surface area contributed by atoms with Crippen LogP contribution in [0.15, 0.2) is 18.3 Å². The van der Waals surface area contributed by atoms with Gasteiger partial charge in [-0.1, -0.05) is 0 Å². The Morgan fingerprint density at radius 1 is 1.42 bits per heavy atom. The summed E-state index contributed by atoms with van der Waals surface area (Å²) >= 11 is 0. The van der Waals surface area contributed by atoms with Crippen molar-refractivity contribution in [1.82, 2.24) is 24.8 Å². The SMILES string of the molecule is CNCCc1cn2nc(C3CCN(C)C3)ccc2n1. The Labute approximate surface area is 113 Å². The van der Waals surface area contributed by atoms with Crippen molar-refractivity contribution in [3.63, 3.8) is 0 Å². The van der Waals surface area contributed by atoms with Crippen LogP contribution in [0.2, 0.25) is 0 Å². The lowest BCUT2D eigenvalue weighted by molar-refractivity contribution is 0.410. The molecule has 0 aromatic carbocycles. The Hall–Kier alpha value is -1.46. The van der Waals surface area contributed by atoms with Crippen molar-refractivity contribution in [2.24, 2.45) is 0 Å². The van der Waals surface area contributed by atoms with Crippen LogP contribution >= 0.6 is 0 Å². The molecule has 1 fully saturated rings. The third-order valence-corrected chi connectivity index (χ3v) is 3.83. The molecule has 2 aromatic rings. The fourth-order valence-corrected chi connectivity index (χ4v) is 2.71. The predicted molar refractivity (Wildman–Crippen MR) is 75.5 cm³/mol. The molecule has 0 spiro atoms. The second-order valence-electron chi connectivity index (χ2n) is 5.39. The van der Waals surface area contributed by atoms with Gasteiger partial charge in [-0.15, -0.1) is 0 Å². The molecule has 3 heterocycles. The second-order valence-corrected chi connectivity index (χ2v) is 5.39. The van der Waals surface area contributed by atoms with E-state index >= 15 is 0 Å². The average molecular weight is 259 g/mol. The van der Waals surface area contributed by atoms with Crippen LogP contribution in [-0.2, 0) is 6.42 Å². The van der Waals surface area contributed by atoms with Gasteiger partial charge in [0.1, 0.15) is 0 Å². The first-order valence-corrected chi connectivity index (χ1v) is 6.94. The lowest BCUT2D eigenvalue weighted by Crippen LogP contribution is -2.14. The van der Waals surface area contributed by atoms with Crippen LogP contribution in [0.3, 0.4) is 0 Å². The molecule has 2 aromatic heterocycles. The summed E-state index contributed by atoms with van der Waals surface area (Å²) in [7, 11) is 4.13. The van der Waals surface area contributed by atoms with Gasteiger partial charge in [0, 0.05) is 25.4 Å². The molecule has 1 unspecified atom stereocenters. The molecular weight excluding hydrogens is 238 g/mol. The zero-order chi connectivity index (χ0) is 13.2. The first-order chi connectivity index (χ1) is 9.26. The standard InChI is InChI=1S/C14H21N5/c1-15-7-5-12-10-19-14(16-12)4-3-13(17-19)11-6-8-18(2)9-11/h3-4,10-11,15H,5-9H2,1-2H3. The summed E-state index contributed by atoms with van der Waals surface area (Å²) in [5, 5.41) is 7.87. The molecule has 0 saturated carbocycles. The molecule has 1 saturated heterocycles. The van der Waals surface area contributed by atoms with Crippen LogP contribution in [0.1, 0.15) is 23.7 Å².